The summed E-state index contributed by atoms with van der Waals surface area (Å²) in [5.74, 6) is 0.670. The van der Waals surface area contributed by atoms with Crippen molar-refractivity contribution in [2.24, 2.45) is 0 Å². The van der Waals surface area contributed by atoms with E-state index in [9.17, 15) is 9.59 Å². The Morgan fingerprint density at radius 2 is 1.92 bits per heavy atom. The zero-order valence-corrected chi connectivity index (χ0v) is 17.2. The molecule has 1 heterocycles. The number of imide groups is 1. The van der Waals surface area contributed by atoms with Crippen molar-refractivity contribution < 1.29 is 9.59 Å². The Bertz CT molecular complexity index is 709. The number of carbonyl (C=O) groups excluding carboxylic acids is 2. The molecule has 0 fully saturated rings. The van der Waals surface area contributed by atoms with Crippen LogP contribution in [-0.4, -0.2) is 33.1 Å². The lowest BCUT2D eigenvalue weighted by atomic mass is 10.2. The van der Waals surface area contributed by atoms with Crippen molar-refractivity contribution in [3.05, 3.63) is 35.9 Å². The van der Waals surface area contributed by atoms with E-state index in [1.165, 1.54) is 23.1 Å². The van der Waals surface area contributed by atoms with Gasteiger partial charge in [0.25, 0.3) is 0 Å². The first-order chi connectivity index (χ1) is 12.6. The van der Waals surface area contributed by atoms with Crippen LogP contribution in [0.1, 0.15) is 32.3 Å². The fourth-order valence-electron chi connectivity index (χ4n) is 1.85. The number of nitrogens with zero attached hydrogens (tertiary/aromatic N) is 2. The van der Waals surface area contributed by atoms with Gasteiger partial charge in [-0.05, 0) is 18.9 Å². The Morgan fingerprint density at radius 3 is 2.65 bits per heavy atom. The number of hydrogen-bond acceptors (Lipinski definition) is 7. The van der Waals surface area contributed by atoms with E-state index in [2.05, 4.69) is 27.8 Å². The number of nitrogens with one attached hydrogen (secondary N) is 2. The van der Waals surface area contributed by atoms with Crippen LogP contribution in [0.15, 0.2) is 39.0 Å². The molecule has 2 aromatic rings. The lowest BCUT2D eigenvalue weighted by Crippen LogP contribution is -2.42. The number of unbranched alkanes of at least 4 members (excludes halogenated alkanes) is 1. The molecule has 1 aromatic carbocycles. The number of benzene rings is 1. The van der Waals surface area contributed by atoms with Gasteiger partial charge in [0.1, 0.15) is 0 Å². The van der Waals surface area contributed by atoms with Crippen molar-refractivity contribution >= 4 is 46.8 Å². The van der Waals surface area contributed by atoms with Crippen LogP contribution >= 0.6 is 34.9 Å². The van der Waals surface area contributed by atoms with Gasteiger partial charge >= 0.3 is 6.03 Å². The number of thioether (sulfide) groups is 2. The Hall–Kier alpha value is -1.58. The second-order valence-corrected chi connectivity index (χ2v) is 9.36. The number of hydrogen-bond donors (Lipinski definition) is 2. The molecule has 1 unspecified atom stereocenters. The smallest absolute Gasteiger partial charge is 0.321 e. The maximum absolute atomic E-state index is 12.1. The number of rotatable bonds is 9. The Balaban J connectivity index is 1.73. The standard InChI is InChI=1S/C17H22N4O2S3/c1-3-4-10-24-16-20-21-17(26-16)25-12(2)14(22)19-15(23)18-11-13-8-6-5-7-9-13/h5-9,12H,3-4,10-11H2,1-2H3,(H2,18,19,22,23). The zero-order valence-electron chi connectivity index (χ0n) is 14.7. The summed E-state index contributed by atoms with van der Waals surface area (Å²) in [6.45, 7) is 4.27. The number of amides is 3. The first-order valence-corrected chi connectivity index (χ1v) is 11.0. The van der Waals surface area contributed by atoms with E-state index in [1.807, 2.05) is 30.3 Å². The third kappa shape index (κ3) is 7.35. The van der Waals surface area contributed by atoms with Crippen molar-refractivity contribution in [3.8, 4) is 0 Å². The molecule has 1 aromatic heterocycles. The van der Waals surface area contributed by atoms with E-state index >= 15 is 0 Å². The van der Waals surface area contributed by atoms with Gasteiger partial charge in [0, 0.05) is 12.3 Å². The maximum atomic E-state index is 12.1. The summed E-state index contributed by atoms with van der Waals surface area (Å²) in [5.41, 5.74) is 0.972. The third-order valence-corrected chi connectivity index (χ3v) is 6.62. The van der Waals surface area contributed by atoms with Gasteiger partial charge in [-0.1, -0.05) is 78.5 Å². The van der Waals surface area contributed by atoms with E-state index in [0.29, 0.717) is 6.54 Å². The predicted molar refractivity (Wildman–Crippen MR) is 108 cm³/mol. The molecule has 3 amide bonds. The van der Waals surface area contributed by atoms with Gasteiger partial charge in [-0.15, -0.1) is 10.2 Å². The highest BCUT2D eigenvalue weighted by molar-refractivity contribution is 8.03. The summed E-state index contributed by atoms with van der Waals surface area (Å²) in [5, 5.41) is 12.8. The fourth-order valence-corrected chi connectivity index (χ4v) is 5.17. The van der Waals surface area contributed by atoms with Gasteiger partial charge in [-0.25, -0.2) is 4.79 Å². The first-order valence-electron chi connectivity index (χ1n) is 8.34. The molecule has 2 rings (SSSR count). The van der Waals surface area contributed by atoms with Gasteiger partial charge in [0.2, 0.25) is 5.91 Å². The molecule has 0 saturated carbocycles. The van der Waals surface area contributed by atoms with E-state index in [4.69, 9.17) is 0 Å². The predicted octanol–water partition coefficient (Wildman–Crippen LogP) is 3.94. The van der Waals surface area contributed by atoms with Crippen LogP contribution in [0.5, 0.6) is 0 Å². The molecule has 140 valence electrons. The van der Waals surface area contributed by atoms with Crippen molar-refractivity contribution in [1.82, 2.24) is 20.8 Å². The number of aromatic nitrogens is 2. The van der Waals surface area contributed by atoms with Crippen molar-refractivity contribution in [3.63, 3.8) is 0 Å². The maximum Gasteiger partial charge on any atom is 0.321 e. The lowest BCUT2D eigenvalue weighted by Gasteiger charge is -2.10. The van der Waals surface area contributed by atoms with Crippen LogP contribution < -0.4 is 10.6 Å². The SMILES string of the molecule is CCCCSc1nnc(SC(C)C(=O)NC(=O)NCc2ccccc2)s1. The number of carbonyl (C=O) groups is 2. The average Bonchev–Trinajstić information content (AvgIpc) is 3.08. The summed E-state index contributed by atoms with van der Waals surface area (Å²) in [4.78, 5) is 24.0. The molecular formula is C17H22N4O2S3. The van der Waals surface area contributed by atoms with Crippen molar-refractivity contribution in [2.75, 3.05) is 5.75 Å². The van der Waals surface area contributed by atoms with E-state index in [1.54, 1.807) is 18.7 Å². The van der Waals surface area contributed by atoms with Crippen LogP contribution in [0, 0.1) is 0 Å². The molecule has 0 aliphatic heterocycles. The minimum absolute atomic E-state index is 0.351. The fraction of sp³-hybridized carbons (Fsp3) is 0.412. The van der Waals surface area contributed by atoms with E-state index in [0.717, 1.165) is 32.8 Å². The van der Waals surface area contributed by atoms with Crippen LogP contribution in [0.3, 0.4) is 0 Å². The summed E-state index contributed by atoms with van der Waals surface area (Å²) in [6, 6.07) is 9.02. The molecule has 2 N–H and O–H groups in total. The van der Waals surface area contributed by atoms with Crippen LogP contribution in [0.25, 0.3) is 0 Å². The summed E-state index contributed by atoms with van der Waals surface area (Å²) < 4.78 is 1.64. The molecule has 0 saturated heterocycles. The van der Waals surface area contributed by atoms with Crippen LogP contribution in [0.4, 0.5) is 4.79 Å². The molecule has 1 atom stereocenters. The van der Waals surface area contributed by atoms with Gasteiger partial charge in [-0.3, -0.25) is 10.1 Å². The normalized spacial score (nSPS) is 11.8. The summed E-state index contributed by atoms with van der Waals surface area (Å²) >= 11 is 4.47. The van der Waals surface area contributed by atoms with Gasteiger partial charge in [0.15, 0.2) is 8.68 Å². The number of urea groups is 1. The minimum atomic E-state index is -0.501. The first kappa shape index (κ1) is 20.7. The molecule has 26 heavy (non-hydrogen) atoms. The summed E-state index contributed by atoms with van der Waals surface area (Å²) in [7, 11) is 0. The highest BCUT2D eigenvalue weighted by Gasteiger charge is 2.19. The van der Waals surface area contributed by atoms with Crippen molar-refractivity contribution in [1.29, 1.82) is 0 Å². The highest BCUT2D eigenvalue weighted by atomic mass is 32.2. The minimum Gasteiger partial charge on any atom is -0.334 e. The van der Waals surface area contributed by atoms with Crippen LogP contribution in [-0.2, 0) is 11.3 Å². The summed E-state index contributed by atoms with van der Waals surface area (Å²) in [6.07, 6.45) is 2.29. The van der Waals surface area contributed by atoms with Crippen LogP contribution in [0.2, 0.25) is 0 Å². The highest BCUT2D eigenvalue weighted by Crippen LogP contribution is 2.31. The average molecular weight is 411 g/mol. The third-order valence-electron chi connectivity index (χ3n) is 3.29. The molecule has 9 heteroatoms. The molecule has 0 spiro atoms. The largest absolute Gasteiger partial charge is 0.334 e. The molecular weight excluding hydrogens is 388 g/mol. The second-order valence-electron chi connectivity index (χ2n) is 5.45. The van der Waals surface area contributed by atoms with E-state index in [-0.39, 0.29) is 5.91 Å². The Kier molecular flexibility index (Phi) is 8.93. The van der Waals surface area contributed by atoms with Gasteiger partial charge in [-0.2, -0.15) is 0 Å². The monoisotopic (exact) mass is 410 g/mol. The van der Waals surface area contributed by atoms with E-state index < -0.39 is 11.3 Å². The van der Waals surface area contributed by atoms with Crippen molar-refractivity contribution in [2.45, 2.75) is 47.2 Å². The zero-order chi connectivity index (χ0) is 18.8. The molecule has 6 nitrogen and oxygen atoms in total. The second kappa shape index (κ2) is 11.2. The Morgan fingerprint density at radius 1 is 1.19 bits per heavy atom. The lowest BCUT2D eigenvalue weighted by molar-refractivity contribution is -0.119. The van der Waals surface area contributed by atoms with Gasteiger partial charge < -0.3 is 5.32 Å². The Labute approximate surface area is 165 Å². The quantitative estimate of drug-likeness (QED) is 0.481. The molecule has 0 aliphatic rings. The topological polar surface area (TPSA) is 84.0 Å². The molecule has 0 bridgehead atoms. The molecule has 0 radical (unpaired) electrons. The van der Waals surface area contributed by atoms with Gasteiger partial charge in [0.05, 0.1) is 5.25 Å². The molecule has 0 aliphatic carbocycles.